The molecule has 0 atom stereocenters. The average Bonchev–Trinajstić information content (AvgIpc) is 2.37. The van der Waals surface area contributed by atoms with Gasteiger partial charge in [0.1, 0.15) is 0 Å². The molecular weight excluding hydrogens is 320 g/mol. The van der Waals surface area contributed by atoms with Crippen LogP contribution in [0.25, 0.3) is 0 Å². The lowest BCUT2D eigenvalue weighted by atomic mass is 9.90. The third-order valence-corrected chi connectivity index (χ3v) is 3.41. The minimum absolute atomic E-state index is 0.163. The quantitative estimate of drug-likeness (QED) is 0.398. The van der Waals surface area contributed by atoms with Crippen LogP contribution in [-0.2, 0) is 19.1 Å². The molecule has 0 fully saturated rings. The first kappa shape index (κ1) is 23.4. The van der Waals surface area contributed by atoms with Crippen LogP contribution in [0.5, 0.6) is 0 Å². The van der Waals surface area contributed by atoms with Gasteiger partial charge in [-0.1, -0.05) is 26.2 Å². The van der Waals surface area contributed by atoms with Crippen LogP contribution in [0, 0.1) is 0 Å². The Kier molecular flexibility index (Phi) is 8.62. The molecule has 25 heavy (non-hydrogen) atoms. The van der Waals surface area contributed by atoms with Crippen molar-refractivity contribution >= 4 is 17.8 Å². The molecule has 0 unspecified atom stereocenters. The minimum Gasteiger partial charge on any atom is -0.439 e. The second-order valence-corrected chi connectivity index (χ2v) is 8.64. The maximum atomic E-state index is 13.0. The molecule has 0 spiro atoms. The van der Waals surface area contributed by atoms with Gasteiger partial charge in [-0.25, -0.2) is 0 Å². The summed E-state index contributed by atoms with van der Waals surface area (Å²) in [6, 6.07) is 0. The predicted molar refractivity (Wildman–Crippen MR) is 99.0 cm³/mol. The summed E-state index contributed by atoms with van der Waals surface area (Å²) in [5, 5.41) is 5.59. The fraction of sp³-hybridized carbons (Fsp3) is 0.842. The zero-order valence-electron chi connectivity index (χ0n) is 17.2. The van der Waals surface area contributed by atoms with Gasteiger partial charge in [-0.15, -0.1) is 0 Å². The number of hydrogen-bond acceptors (Lipinski definition) is 4. The molecule has 2 amide bonds. The van der Waals surface area contributed by atoms with Gasteiger partial charge in [0.2, 0.25) is 0 Å². The lowest BCUT2D eigenvalue weighted by Crippen LogP contribution is -2.64. The third kappa shape index (κ3) is 8.89. The zero-order valence-corrected chi connectivity index (χ0v) is 17.2. The SMILES string of the molecule is CCCCCCC(OC(C)=O)(C(=O)NC(C)(C)C)C(=O)NC(C)(C)C. The number of hydrogen-bond donors (Lipinski definition) is 2. The van der Waals surface area contributed by atoms with Crippen molar-refractivity contribution in [2.45, 2.75) is 104 Å². The number of unbranched alkanes of at least 4 members (excludes halogenated alkanes) is 3. The number of carbonyl (C=O) groups is 3. The fourth-order valence-corrected chi connectivity index (χ4v) is 2.40. The van der Waals surface area contributed by atoms with Gasteiger partial charge >= 0.3 is 5.97 Å². The molecule has 0 aromatic heterocycles. The maximum Gasteiger partial charge on any atom is 0.304 e. The fourth-order valence-electron chi connectivity index (χ4n) is 2.40. The Balaban J connectivity index is 5.74. The molecule has 2 N–H and O–H groups in total. The van der Waals surface area contributed by atoms with Crippen LogP contribution in [0.2, 0.25) is 0 Å². The van der Waals surface area contributed by atoms with E-state index in [-0.39, 0.29) is 6.42 Å². The molecule has 0 aliphatic heterocycles. The van der Waals surface area contributed by atoms with E-state index in [1.165, 1.54) is 6.92 Å². The Bertz CT molecular complexity index is 445. The summed E-state index contributed by atoms with van der Waals surface area (Å²) in [4.78, 5) is 37.6. The molecule has 6 heteroatoms. The van der Waals surface area contributed by atoms with Gasteiger partial charge in [0.05, 0.1) is 0 Å². The van der Waals surface area contributed by atoms with Gasteiger partial charge in [0.25, 0.3) is 17.4 Å². The van der Waals surface area contributed by atoms with E-state index in [1.807, 2.05) is 41.5 Å². The standard InChI is InChI=1S/C19H36N2O4/c1-9-10-11-12-13-19(25-14(2)22,15(23)20-17(3,4)5)16(24)21-18(6,7)8/h9-13H2,1-8H3,(H,20,23)(H,21,24). The molecule has 0 radical (unpaired) electrons. The predicted octanol–water partition coefficient (Wildman–Crippen LogP) is 3.09. The van der Waals surface area contributed by atoms with Crippen LogP contribution in [0.15, 0.2) is 0 Å². The van der Waals surface area contributed by atoms with Crippen LogP contribution in [-0.4, -0.2) is 34.5 Å². The Morgan fingerprint density at radius 1 is 0.800 bits per heavy atom. The molecule has 0 bridgehead atoms. The Labute approximate surface area is 152 Å². The number of nitrogens with one attached hydrogen (secondary N) is 2. The second kappa shape index (κ2) is 9.20. The lowest BCUT2D eigenvalue weighted by molar-refractivity contribution is -0.176. The Morgan fingerprint density at radius 3 is 1.56 bits per heavy atom. The van der Waals surface area contributed by atoms with Crippen molar-refractivity contribution in [3.05, 3.63) is 0 Å². The van der Waals surface area contributed by atoms with Crippen molar-refractivity contribution in [2.75, 3.05) is 0 Å². The number of rotatable bonds is 8. The smallest absolute Gasteiger partial charge is 0.304 e. The molecule has 0 heterocycles. The van der Waals surface area contributed by atoms with Crippen molar-refractivity contribution in [1.29, 1.82) is 0 Å². The highest BCUT2D eigenvalue weighted by atomic mass is 16.6. The largest absolute Gasteiger partial charge is 0.439 e. The van der Waals surface area contributed by atoms with Gasteiger partial charge < -0.3 is 15.4 Å². The van der Waals surface area contributed by atoms with Crippen LogP contribution in [0.3, 0.4) is 0 Å². The van der Waals surface area contributed by atoms with E-state index in [2.05, 4.69) is 17.6 Å². The van der Waals surface area contributed by atoms with Gasteiger partial charge in [-0.3, -0.25) is 14.4 Å². The maximum absolute atomic E-state index is 13.0. The van der Waals surface area contributed by atoms with E-state index >= 15 is 0 Å². The first-order valence-electron chi connectivity index (χ1n) is 9.08. The molecule has 0 aliphatic rings. The Hall–Kier alpha value is -1.59. The van der Waals surface area contributed by atoms with Gasteiger partial charge in [0.15, 0.2) is 0 Å². The molecule has 146 valence electrons. The van der Waals surface area contributed by atoms with E-state index in [1.54, 1.807) is 0 Å². The first-order chi connectivity index (χ1) is 11.2. The van der Waals surface area contributed by atoms with E-state index < -0.39 is 34.5 Å². The van der Waals surface area contributed by atoms with Crippen LogP contribution in [0.1, 0.15) is 87.5 Å². The summed E-state index contributed by atoms with van der Waals surface area (Å²) in [6.45, 7) is 14.2. The summed E-state index contributed by atoms with van der Waals surface area (Å²) in [6.07, 6.45) is 3.68. The van der Waals surface area contributed by atoms with Crippen molar-refractivity contribution in [3.63, 3.8) is 0 Å². The van der Waals surface area contributed by atoms with E-state index in [9.17, 15) is 14.4 Å². The van der Waals surface area contributed by atoms with Crippen molar-refractivity contribution in [1.82, 2.24) is 10.6 Å². The van der Waals surface area contributed by atoms with Crippen molar-refractivity contribution in [3.8, 4) is 0 Å². The summed E-state index contributed by atoms with van der Waals surface area (Å²) in [5.41, 5.74) is -2.94. The molecule has 6 nitrogen and oxygen atoms in total. The highest BCUT2D eigenvalue weighted by Crippen LogP contribution is 2.24. The lowest BCUT2D eigenvalue weighted by Gasteiger charge is -2.35. The normalized spacial score (nSPS) is 12.5. The molecule has 0 rings (SSSR count). The monoisotopic (exact) mass is 356 g/mol. The topological polar surface area (TPSA) is 84.5 Å². The van der Waals surface area contributed by atoms with Crippen LogP contribution in [0.4, 0.5) is 0 Å². The molecule has 0 aromatic carbocycles. The molecule has 0 aromatic rings. The van der Waals surface area contributed by atoms with Gasteiger partial charge in [0, 0.05) is 24.4 Å². The Morgan fingerprint density at radius 2 is 1.24 bits per heavy atom. The highest BCUT2D eigenvalue weighted by Gasteiger charge is 2.50. The molecule has 0 aliphatic carbocycles. The minimum atomic E-state index is -1.85. The first-order valence-corrected chi connectivity index (χ1v) is 9.08. The molecule has 0 saturated carbocycles. The van der Waals surface area contributed by atoms with E-state index in [0.29, 0.717) is 6.42 Å². The summed E-state index contributed by atoms with van der Waals surface area (Å²) >= 11 is 0. The molecular formula is C19H36N2O4. The summed E-state index contributed by atoms with van der Waals surface area (Å²) < 4.78 is 5.37. The second-order valence-electron chi connectivity index (χ2n) is 8.64. The van der Waals surface area contributed by atoms with E-state index in [4.69, 9.17) is 4.74 Å². The summed E-state index contributed by atoms with van der Waals surface area (Å²) in [7, 11) is 0. The molecule has 0 saturated heterocycles. The highest BCUT2D eigenvalue weighted by molar-refractivity contribution is 6.10. The number of esters is 1. The van der Waals surface area contributed by atoms with Gasteiger partial charge in [-0.05, 0) is 48.0 Å². The third-order valence-electron chi connectivity index (χ3n) is 3.41. The van der Waals surface area contributed by atoms with Crippen LogP contribution >= 0.6 is 0 Å². The summed E-state index contributed by atoms with van der Waals surface area (Å²) in [5.74, 6) is -1.80. The van der Waals surface area contributed by atoms with Crippen molar-refractivity contribution in [2.24, 2.45) is 0 Å². The number of ether oxygens (including phenoxy) is 1. The van der Waals surface area contributed by atoms with Crippen molar-refractivity contribution < 1.29 is 19.1 Å². The number of carbonyl (C=O) groups excluding carboxylic acids is 3. The van der Waals surface area contributed by atoms with Crippen LogP contribution < -0.4 is 10.6 Å². The number of amides is 2. The average molecular weight is 357 g/mol. The van der Waals surface area contributed by atoms with E-state index in [0.717, 1.165) is 19.3 Å². The van der Waals surface area contributed by atoms with Gasteiger partial charge in [-0.2, -0.15) is 0 Å². The zero-order chi connectivity index (χ0) is 19.9.